The Balaban J connectivity index is 1.96. The Kier molecular flexibility index (Phi) is 5.87. The molecule has 2 fully saturated rings. The van der Waals surface area contributed by atoms with Crippen molar-refractivity contribution in [2.45, 2.75) is 50.1 Å². The van der Waals surface area contributed by atoms with E-state index in [2.05, 4.69) is 0 Å². The van der Waals surface area contributed by atoms with Crippen LogP contribution in [0, 0.1) is 5.92 Å². The highest BCUT2D eigenvalue weighted by atomic mass is 32.2. The van der Waals surface area contributed by atoms with Crippen LogP contribution in [0.25, 0.3) is 0 Å². The highest BCUT2D eigenvalue weighted by molar-refractivity contribution is 7.98. The van der Waals surface area contributed by atoms with Gasteiger partial charge in [0.2, 0.25) is 21.8 Å². The van der Waals surface area contributed by atoms with Gasteiger partial charge in [0.1, 0.15) is 0 Å². The molecule has 1 unspecified atom stereocenters. The third-order valence-corrected chi connectivity index (χ3v) is 6.76. The van der Waals surface area contributed by atoms with E-state index in [1.165, 1.54) is 11.8 Å². The number of rotatable bonds is 6. The fourth-order valence-corrected chi connectivity index (χ4v) is 5.13. The van der Waals surface area contributed by atoms with Gasteiger partial charge in [-0.3, -0.25) is 9.59 Å². The summed E-state index contributed by atoms with van der Waals surface area (Å²) in [5, 5.41) is 9.15. The van der Waals surface area contributed by atoms with Crippen LogP contribution in [-0.4, -0.2) is 53.4 Å². The second-order valence-electron chi connectivity index (χ2n) is 5.60. The van der Waals surface area contributed by atoms with Crippen molar-refractivity contribution in [2.75, 3.05) is 12.2 Å². The fourth-order valence-electron chi connectivity index (χ4n) is 2.93. The molecule has 1 heterocycles. The van der Waals surface area contributed by atoms with Crippen molar-refractivity contribution in [3.63, 3.8) is 0 Å². The van der Waals surface area contributed by atoms with E-state index < -0.39 is 33.4 Å². The summed E-state index contributed by atoms with van der Waals surface area (Å²) in [5.74, 6) is -0.981. The van der Waals surface area contributed by atoms with Crippen LogP contribution in [0.1, 0.15) is 38.5 Å². The standard InChI is InChI=1S/C13H21NO6S2/c1-21-8-20-13(17)9-2-4-10(5-3-9)22(18,19)14-11(15)6-7-12(14)16/h9-10,13,17H,2-8H2,1H3. The third kappa shape index (κ3) is 3.64. The van der Waals surface area contributed by atoms with E-state index in [-0.39, 0.29) is 18.8 Å². The summed E-state index contributed by atoms with van der Waals surface area (Å²) in [6, 6.07) is 0. The number of hydrogen-bond acceptors (Lipinski definition) is 7. The molecule has 22 heavy (non-hydrogen) atoms. The first-order valence-electron chi connectivity index (χ1n) is 7.26. The molecule has 0 aromatic rings. The van der Waals surface area contributed by atoms with Gasteiger partial charge in [0.25, 0.3) is 0 Å². The van der Waals surface area contributed by atoms with Gasteiger partial charge >= 0.3 is 0 Å². The lowest BCUT2D eigenvalue weighted by molar-refractivity contribution is -0.132. The van der Waals surface area contributed by atoms with Crippen molar-refractivity contribution in [2.24, 2.45) is 5.92 Å². The predicted octanol–water partition coefficient (Wildman–Crippen LogP) is 0.679. The molecule has 126 valence electrons. The number of sulfonamides is 1. The van der Waals surface area contributed by atoms with Crippen LogP contribution in [0.5, 0.6) is 0 Å². The number of nitrogens with zero attached hydrogens (tertiary/aromatic N) is 1. The van der Waals surface area contributed by atoms with Gasteiger partial charge in [0.15, 0.2) is 6.29 Å². The Morgan fingerprint density at radius 1 is 1.23 bits per heavy atom. The summed E-state index contributed by atoms with van der Waals surface area (Å²) in [6.45, 7) is 0. The molecule has 0 spiro atoms. The highest BCUT2D eigenvalue weighted by Gasteiger charge is 2.44. The molecule has 1 saturated heterocycles. The average Bonchev–Trinajstić information content (AvgIpc) is 2.84. The first-order chi connectivity index (χ1) is 10.4. The van der Waals surface area contributed by atoms with Gasteiger partial charge in [0, 0.05) is 18.8 Å². The van der Waals surface area contributed by atoms with Crippen molar-refractivity contribution in [3.8, 4) is 0 Å². The van der Waals surface area contributed by atoms with Crippen molar-refractivity contribution >= 4 is 33.6 Å². The number of imide groups is 1. The maximum absolute atomic E-state index is 12.4. The summed E-state index contributed by atoms with van der Waals surface area (Å²) in [7, 11) is -3.92. The van der Waals surface area contributed by atoms with Crippen LogP contribution in [0.3, 0.4) is 0 Å². The van der Waals surface area contributed by atoms with Crippen LogP contribution in [0.2, 0.25) is 0 Å². The molecular weight excluding hydrogens is 330 g/mol. The summed E-state index contributed by atoms with van der Waals surface area (Å²) in [4.78, 5) is 23.3. The molecule has 1 N–H and O–H groups in total. The number of aliphatic hydroxyl groups is 1. The number of hydrogen-bond donors (Lipinski definition) is 1. The zero-order valence-corrected chi connectivity index (χ0v) is 14.1. The van der Waals surface area contributed by atoms with Crippen LogP contribution < -0.4 is 0 Å². The van der Waals surface area contributed by atoms with E-state index in [0.717, 1.165) is 0 Å². The molecule has 2 rings (SSSR count). The number of amides is 2. The zero-order chi connectivity index (χ0) is 16.3. The molecule has 2 aliphatic rings. The zero-order valence-electron chi connectivity index (χ0n) is 12.4. The number of carbonyl (C=O) groups excluding carboxylic acids is 2. The summed E-state index contributed by atoms with van der Waals surface area (Å²) >= 11 is 1.46. The molecule has 0 aromatic heterocycles. The van der Waals surface area contributed by atoms with Gasteiger partial charge in [-0.15, -0.1) is 11.8 Å². The highest BCUT2D eigenvalue weighted by Crippen LogP contribution is 2.33. The second-order valence-corrected chi connectivity index (χ2v) is 8.47. The monoisotopic (exact) mass is 351 g/mol. The third-order valence-electron chi connectivity index (χ3n) is 4.16. The van der Waals surface area contributed by atoms with Gasteiger partial charge in [0.05, 0.1) is 11.2 Å². The summed E-state index contributed by atoms with van der Waals surface area (Å²) < 4.78 is 30.6. The number of aliphatic hydroxyl groups excluding tert-OH is 1. The van der Waals surface area contributed by atoms with E-state index >= 15 is 0 Å². The summed E-state index contributed by atoms with van der Waals surface area (Å²) in [6.07, 6.45) is 2.54. The topological polar surface area (TPSA) is 101 Å². The van der Waals surface area contributed by atoms with Crippen molar-refractivity contribution in [1.82, 2.24) is 4.31 Å². The van der Waals surface area contributed by atoms with Gasteiger partial charge in [-0.2, -0.15) is 4.31 Å². The molecular formula is C13H21NO6S2. The lowest BCUT2D eigenvalue weighted by Gasteiger charge is -2.32. The van der Waals surface area contributed by atoms with E-state index in [4.69, 9.17) is 4.74 Å². The SMILES string of the molecule is CSCOC(O)C1CCC(S(=O)(=O)N2C(=O)CCC2=O)CC1. The van der Waals surface area contributed by atoms with E-state index in [9.17, 15) is 23.1 Å². The molecule has 0 radical (unpaired) electrons. The Morgan fingerprint density at radius 3 is 2.27 bits per heavy atom. The molecule has 1 aliphatic heterocycles. The maximum Gasteiger partial charge on any atom is 0.246 e. The predicted molar refractivity (Wildman–Crippen MR) is 81.2 cm³/mol. The van der Waals surface area contributed by atoms with Crippen LogP contribution in [0.4, 0.5) is 0 Å². The van der Waals surface area contributed by atoms with Crippen molar-refractivity contribution < 1.29 is 27.9 Å². The number of carbonyl (C=O) groups is 2. The Morgan fingerprint density at radius 2 is 1.77 bits per heavy atom. The normalized spacial score (nSPS) is 28.2. The first kappa shape index (κ1) is 17.7. The quantitative estimate of drug-likeness (QED) is 0.554. The largest absolute Gasteiger partial charge is 0.368 e. The molecule has 9 heteroatoms. The lowest BCUT2D eigenvalue weighted by atomic mass is 9.88. The Hall–Kier alpha value is -0.640. The van der Waals surface area contributed by atoms with E-state index in [1.54, 1.807) is 0 Å². The molecule has 0 aromatic carbocycles. The molecule has 1 aliphatic carbocycles. The first-order valence-corrected chi connectivity index (χ1v) is 10.2. The van der Waals surface area contributed by atoms with E-state index in [1.807, 2.05) is 6.26 Å². The van der Waals surface area contributed by atoms with E-state index in [0.29, 0.717) is 35.9 Å². The minimum Gasteiger partial charge on any atom is -0.368 e. The van der Waals surface area contributed by atoms with Crippen LogP contribution >= 0.6 is 11.8 Å². The maximum atomic E-state index is 12.4. The summed E-state index contributed by atoms with van der Waals surface area (Å²) in [5.41, 5.74) is 0. The molecule has 0 bridgehead atoms. The van der Waals surface area contributed by atoms with Gasteiger partial charge in [-0.25, -0.2) is 8.42 Å². The van der Waals surface area contributed by atoms with Crippen LogP contribution in [0.15, 0.2) is 0 Å². The minimum atomic E-state index is -3.92. The number of ether oxygens (including phenoxy) is 1. The van der Waals surface area contributed by atoms with Crippen LogP contribution in [-0.2, 0) is 24.3 Å². The Bertz CT molecular complexity index is 511. The van der Waals surface area contributed by atoms with Gasteiger partial charge in [-0.05, 0) is 31.9 Å². The smallest absolute Gasteiger partial charge is 0.246 e. The van der Waals surface area contributed by atoms with Crippen molar-refractivity contribution in [1.29, 1.82) is 0 Å². The second kappa shape index (κ2) is 7.29. The molecule has 2 amide bonds. The molecule has 7 nitrogen and oxygen atoms in total. The Labute approximate surface area is 134 Å². The minimum absolute atomic E-state index is 0.0331. The molecule has 1 saturated carbocycles. The van der Waals surface area contributed by atoms with Gasteiger partial charge < -0.3 is 9.84 Å². The van der Waals surface area contributed by atoms with Crippen molar-refractivity contribution in [3.05, 3.63) is 0 Å². The number of thioether (sulfide) groups is 1. The molecule has 1 atom stereocenters. The fraction of sp³-hybridized carbons (Fsp3) is 0.846. The lowest BCUT2D eigenvalue weighted by Crippen LogP contribution is -2.44. The average molecular weight is 351 g/mol. The van der Waals surface area contributed by atoms with Gasteiger partial charge in [-0.1, -0.05) is 0 Å².